The molecule has 0 radical (unpaired) electrons. The number of carboxylic acid groups (broad SMARTS) is 1. The molecule has 1 aromatic carbocycles. The minimum atomic E-state index is -1.19. The van der Waals surface area contributed by atoms with Crippen molar-refractivity contribution in [1.82, 2.24) is 0 Å². The predicted octanol–water partition coefficient (Wildman–Crippen LogP) is 1.66. The first-order valence-electron chi connectivity index (χ1n) is 4.94. The van der Waals surface area contributed by atoms with Gasteiger partial charge < -0.3 is 10.8 Å². The first-order chi connectivity index (χ1) is 8.06. The van der Waals surface area contributed by atoms with Gasteiger partial charge in [-0.25, -0.2) is 4.79 Å². The molecule has 6 heteroatoms. The topological polar surface area (TPSA) is 106 Å². The summed E-state index contributed by atoms with van der Waals surface area (Å²) < 4.78 is 0. The van der Waals surface area contributed by atoms with Crippen LogP contribution in [0.3, 0.4) is 0 Å². The average molecular weight is 236 g/mol. The van der Waals surface area contributed by atoms with Gasteiger partial charge in [0.05, 0.1) is 10.5 Å². The smallest absolute Gasteiger partial charge is 0.336 e. The zero-order valence-corrected chi connectivity index (χ0v) is 9.00. The van der Waals surface area contributed by atoms with Gasteiger partial charge in [0.2, 0.25) is 0 Å². The molecule has 17 heavy (non-hydrogen) atoms. The number of aromatic carboxylic acids is 1. The number of hydrogen-bond acceptors (Lipinski definition) is 4. The molecule has 0 aliphatic heterocycles. The summed E-state index contributed by atoms with van der Waals surface area (Å²) in [7, 11) is 0. The maximum atomic E-state index is 10.9. The molecule has 0 heterocycles. The van der Waals surface area contributed by atoms with Crippen LogP contribution in [0, 0.1) is 10.1 Å². The molecule has 90 valence electrons. The molecule has 0 saturated carbocycles. The second kappa shape index (κ2) is 5.76. The van der Waals surface area contributed by atoms with Gasteiger partial charge in [0.1, 0.15) is 0 Å². The number of nitro groups is 1. The fourth-order valence-corrected chi connectivity index (χ4v) is 1.29. The van der Waals surface area contributed by atoms with Crippen LogP contribution in [0.1, 0.15) is 22.3 Å². The van der Waals surface area contributed by atoms with Crippen molar-refractivity contribution in [1.29, 1.82) is 0 Å². The zero-order valence-electron chi connectivity index (χ0n) is 9.00. The summed E-state index contributed by atoms with van der Waals surface area (Å²) >= 11 is 0. The van der Waals surface area contributed by atoms with E-state index in [0.717, 1.165) is 6.07 Å². The van der Waals surface area contributed by atoms with E-state index in [1.807, 2.05) is 0 Å². The van der Waals surface area contributed by atoms with E-state index >= 15 is 0 Å². The Morgan fingerprint density at radius 1 is 1.53 bits per heavy atom. The molecule has 1 rings (SSSR count). The van der Waals surface area contributed by atoms with Gasteiger partial charge >= 0.3 is 5.97 Å². The fourth-order valence-electron chi connectivity index (χ4n) is 1.29. The summed E-state index contributed by atoms with van der Waals surface area (Å²) in [6, 6.07) is 3.73. The van der Waals surface area contributed by atoms with Gasteiger partial charge in [0.15, 0.2) is 0 Å². The van der Waals surface area contributed by atoms with Crippen LogP contribution in [0.4, 0.5) is 5.69 Å². The van der Waals surface area contributed by atoms with Crippen molar-refractivity contribution in [2.45, 2.75) is 6.42 Å². The number of nitro benzene ring substituents is 1. The Kier molecular flexibility index (Phi) is 4.36. The van der Waals surface area contributed by atoms with Crippen LogP contribution in [0.15, 0.2) is 24.3 Å². The number of carboxylic acids is 1. The van der Waals surface area contributed by atoms with Gasteiger partial charge in [0.25, 0.3) is 5.69 Å². The highest BCUT2D eigenvalue weighted by atomic mass is 16.6. The Bertz CT molecular complexity index is 469. The molecule has 0 saturated heterocycles. The third-order valence-electron chi connectivity index (χ3n) is 2.11. The normalized spacial score (nSPS) is 10.6. The minimum Gasteiger partial charge on any atom is -0.478 e. The molecule has 0 aromatic heterocycles. The monoisotopic (exact) mass is 236 g/mol. The van der Waals surface area contributed by atoms with Crippen LogP contribution in [0.5, 0.6) is 0 Å². The van der Waals surface area contributed by atoms with Crippen LogP contribution in [-0.2, 0) is 0 Å². The Hall–Kier alpha value is -2.21. The van der Waals surface area contributed by atoms with Gasteiger partial charge in [-0.1, -0.05) is 12.2 Å². The summed E-state index contributed by atoms with van der Waals surface area (Å²) in [6.07, 6.45) is 3.95. The number of nitrogens with two attached hydrogens (primary N) is 1. The standard InChI is InChI=1S/C11H12N2O4/c12-6-2-1-3-8-4-5-9(13(16)17)7-10(8)11(14)15/h1,3-5,7H,2,6,12H2,(H,14,15). The molecule has 0 atom stereocenters. The highest BCUT2D eigenvalue weighted by Gasteiger charge is 2.14. The molecule has 0 aliphatic carbocycles. The third kappa shape index (κ3) is 3.39. The van der Waals surface area contributed by atoms with E-state index in [2.05, 4.69) is 0 Å². The van der Waals surface area contributed by atoms with Gasteiger partial charge in [-0.15, -0.1) is 0 Å². The van der Waals surface area contributed by atoms with E-state index in [1.165, 1.54) is 12.1 Å². The molecule has 0 aliphatic rings. The fraction of sp³-hybridized carbons (Fsp3) is 0.182. The lowest BCUT2D eigenvalue weighted by Gasteiger charge is -2.01. The van der Waals surface area contributed by atoms with Crippen LogP contribution >= 0.6 is 0 Å². The van der Waals surface area contributed by atoms with Crippen LogP contribution in [0.2, 0.25) is 0 Å². The quantitative estimate of drug-likeness (QED) is 0.597. The largest absolute Gasteiger partial charge is 0.478 e. The Morgan fingerprint density at radius 2 is 2.24 bits per heavy atom. The maximum Gasteiger partial charge on any atom is 0.336 e. The highest BCUT2D eigenvalue weighted by molar-refractivity contribution is 5.93. The van der Waals surface area contributed by atoms with Crippen molar-refractivity contribution in [2.75, 3.05) is 6.54 Å². The van der Waals surface area contributed by atoms with E-state index in [-0.39, 0.29) is 11.3 Å². The summed E-state index contributed by atoms with van der Waals surface area (Å²) in [6.45, 7) is 0.464. The first-order valence-corrected chi connectivity index (χ1v) is 4.94. The van der Waals surface area contributed by atoms with Crippen molar-refractivity contribution in [3.63, 3.8) is 0 Å². The Morgan fingerprint density at radius 3 is 2.76 bits per heavy atom. The van der Waals surface area contributed by atoms with Gasteiger partial charge in [-0.05, 0) is 24.6 Å². The molecule has 3 N–H and O–H groups in total. The summed E-state index contributed by atoms with van der Waals surface area (Å²) in [5.41, 5.74) is 5.40. The number of non-ortho nitro benzene ring substituents is 1. The summed E-state index contributed by atoms with van der Waals surface area (Å²) in [5.74, 6) is -1.19. The SMILES string of the molecule is NCCC=Cc1ccc([N+](=O)[O-])cc1C(=O)O. The summed E-state index contributed by atoms with van der Waals surface area (Å²) in [4.78, 5) is 20.8. The van der Waals surface area contributed by atoms with Crippen LogP contribution in [0.25, 0.3) is 6.08 Å². The van der Waals surface area contributed by atoms with E-state index in [4.69, 9.17) is 10.8 Å². The predicted molar refractivity (Wildman–Crippen MR) is 62.8 cm³/mol. The molecule has 0 unspecified atom stereocenters. The number of carbonyl (C=O) groups is 1. The Balaban J connectivity index is 3.13. The van der Waals surface area contributed by atoms with E-state index in [1.54, 1.807) is 12.2 Å². The lowest BCUT2D eigenvalue weighted by Crippen LogP contribution is -2.01. The molecule has 0 spiro atoms. The van der Waals surface area contributed by atoms with Crippen molar-refractivity contribution in [3.05, 3.63) is 45.5 Å². The second-order valence-corrected chi connectivity index (χ2v) is 3.31. The van der Waals surface area contributed by atoms with Gasteiger partial charge in [-0.2, -0.15) is 0 Å². The van der Waals surface area contributed by atoms with Crippen molar-refractivity contribution in [2.24, 2.45) is 5.73 Å². The van der Waals surface area contributed by atoms with E-state index in [0.29, 0.717) is 18.5 Å². The van der Waals surface area contributed by atoms with Gasteiger partial charge in [-0.3, -0.25) is 10.1 Å². The average Bonchev–Trinajstić information content (AvgIpc) is 2.29. The van der Waals surface area contributed by atoms with Crippen LogP contribution in [-0.4, -0.2) is 22.5 Å². The lowest BCUT2D eigenvalue weighted by molar-refractivity contribution is -0.384. The third-order valence-corrected chi connectivity index (χ3v) is 2.11. The zero-order chi connectivity index (χ0) is 12.8. The number of benzene rings is 1. The van der Waals surface area contributed by atoms with Crippen molar-refractivity contribution >= 4 is 17.7 Å². The number of rotatable bonds is 5. The van der Waals surface area contributed by atoms with Gasteiger partial charge in [0, 0.05) is 12.1 Å². The molecule has 0 bridgehead atoms. The minimum absolute atomic E-state index is 0.0903. The van der Waals surface area contributed by atoms with E-state index < -0.39 is 10.9 Å². The molecule has 0 amide bonds. The molecule has 0 fully saturated rings. The molecule has 6 nitrogen and oxygen atoms in total. The number of hydrogen-bond donors (Lipinski definition) is 2. The molecule has 1 aromatic rings. The van der Waals surface area contributed by atoms with Crippen LogP contribution < -0.4 is 5.73 Å². The van der Waals surface area contributed by atoms with Crippen molar-refractivity contribution in [3.8, 4) is 0 Å². The molecular formula is C11H12N2O4. The molecular weight excluding hydrogens is 224 g/mol. The van der Waals surface area contributed by atoms with Crippen molar-refractivity contribution < 1.29 is 14.8 Å². The maximum absolute atomic E-state index is 10.9. The highest BCUT2D eigenvalue weighted by Crippen LogP contribution is 2.19. The first kappa shape index (κ1) is 12.9. The van der Waals surface area contributed by atoms with E-state index in [9.17, 15) is 14.9 Å². The Labute approximate surface area is 97.5 Å². The lowest BCUT2D eigenvalue weighted by atomic mass is 10.1. The number of nitrogens with zero attached hydrogens (tertiary/aromatic N) is 1. The second-order valence-electron chi connectivity index (χ2n) is 3.31. The summed E-state index contributed by atoms with van der Waals surface area (Å²) in [5, 5.41) is 19.5.